The maximum atomic E-state index is 13.4. The van der Waals surface area contributed by atoms with Gasteiger partial charge in [-0.25, -0.2) is 9.37 Å². The van der Waals surface area contributed by atoms with Crippen molar-refractivity contribution in [3.8, 4) is 0 Å². The zero-order valence-corrected chi connectivity index (χ0v) is 16.2. The Morgan fingerprint density at radius 1 is 1.42 bits per heavy atom. The van der Waals surface area contributed by atoms with E-state index in [2.05, 4.69) is 14.9 Å². The Morgan fingerprint density at radius 2 is 2.23 bits per heavy atom. The van der Waals surface area contributed by atoms with Gasteiger partial charge >= 0.3 is 0 Å². The Labute approximate surface area is 157 Å². The number of hydrogen-bond donors (Lipinski definition) is 1. The minimum Gasteiger partial charge on any atom is -0.376 e. The molecule has 1 amide bonds. The minimum absolute atomic E-state index is 0.175. The summed E-state index contributed by atoms with van der Waals surface area (Å²) in [6.07, 6.45) is 2.36. The maximum absolute atomic E-state index is 13.4. The summed E-state index contributed by atoms with van der Waals surface area (Å²) in [5, 5.41) is 3.59. The molecular weight excluding hydrogens is 353 g/mol. The zero-order chi connectivity index (χ0) is 18.7. The summed E-state index contributed by atoms with van der Waals surface area (Å²) in [5.74, 6) is -0.320. The maximum Gasteiger partial charge on any atom is 0.234 e. The average molecular weight is 377 g/mol. The van der Waals surface area contributed by atoms with Crippen molar-refractivity contribution in [1.82, 2.24) is 9.55 Å². The molecule has 1 aromatic heterocycles. The van der Waals surface area contributed by atoms with Crippen LogP contribution in [0.2, 0.25) is 0 Å². The van der Waals surface area contributed by atoms with Crippen molar-refractivity contribution in [1.29, 1.82) is 0 Å². The molecule has 1 N–H and O–H groups in total. The van der Waals surface area contributed by atoms with Crippen LogP contribution in [0.3, 0.4) is 0 Å². The second-order valence-electron chi connectivity index (χ2n) is 6.61. The summed E-state index contributed by atoms with van der Waals surface area (Å²) >= 11 is 1.39. The van der Waals surface area contributed by atoms with Gasteiger partial charge in [0.2, 0.25) is 5.91 Å². The fraction of sp³-hybridized carbons (Fsp3) is 0.474. The number of thioether (sulfide) groups is 1. The Bertz CT molecular complexity index is 800. The van der Waals surface area contributed by atoms with Gasteiger partial charge < -0.3 is 14.6 Å². The molecule has 0 unspecified atom stereocenters. The molecule has 1 fully saturated rings. The molecule has 0 aliphatic carbocycles. The van der Waals surface area contributed by atoms with Crippen LogP contribution in [0.5, 0.6) is 0 Å². The van der Waals surface area contributed by atoms with Gasteiger partial charge in [0.1, 0.15) is 5.82 Å². The molecule has 2 aromatic rings. The summed E-state index contributed by atoms with van der Waals surface area (Å²) < 4.78 is 21.2. The second kappa shape index (κ2) is 8.22. The van der Waals surface area contributed by atoms with E-state index in [1.165, 1.54) is 23.9 Å². The lowest BCUT2D eigenvalue weighted by molar-refractivity contribution is -0.113. The number of carbonyl (C=O) groups is 1. The predicted octanol–water partition coefficient (Wildman–Crippen LogP) is 3.86. The molecule has 0 saturated carbocycles. The highest BCUT2D eigenvalue weighted by Gasteiger charge is 2.20. The summed E-state index contributed by atoms with van der Waals surface area (Å²) in [6.45, 7) is 7.43. The van der Waals surface area contributed by atoms with Gasteiger partial charge in [-0.1, -0.05) is 17.8 Å². The first-order valence-corrected chi connectivity index (χ1v) is 9.76. The zero-order valence-electron chi connectivity index (χ0n) is 15.3. The molecule has 0 radical (unpaired) electrons. The monoisotopic (exact) mass is 377 g/mol. The number of nitrogens with one attached hydrogen (secondary N) is 1. The molecule has 1 aliphatic rings. The topological polar surface area (TPSA) is 56.2 Å². The standard InChI is InChI=1S/C19H24FN3O2S/c1-12-6-7-15(20)9-17(12)22-18(24)11-26-19-21-13(2)14(3)23(19)10-16-5-4-8-25-16/h6-7,9,16H,4-5,8,10-11H2,1-3H3,(H,22,24)/t16-/m0/s1. The fourth-order valence-corrected chi connectivity index (χ4v) is 3.89. The molecule has 1 aromatic carbocycles. The van der Waals surface area contributed by atoms with Gasteiger partial charge in [-0.3, -0.25) is 4.79 Å². The van der Waals surface area contributed by atoms with Gasteiger partial charge in [-0.2, -0.15) is 0 Å². The molecule has 2 heterocycles. The highest BCUT2D eigenvalue weighted by molar-refractivity contribution is 7.99. The van der Waals surface area contributed by atoms with Crippen molar-refractivity contribution < 1.29 is 13.9 Å². The van der Waals surface area contributed by atoms with Gasteiger partial charge in [0.25, 0.3) is 0 Å². The predicted molar refractivity (Wildman–Crippen MR) is 101 cm³/mol. The lowest BCUT2D eigenvalue weighted by atomic mass is 10.2. The number of halogens is 1. The summed E-state index contributed by atoms with van der Waals surface area (Å²) in [6, 6.07) is 4.37. The highest BCUT2D eigenvalue weighted by atomic mass is 32.2. The quantitative estimate of drug-likeness (QED) is 0.777. The third-order valence-corrected chi connectivity index (χ3v) is 5.62. The van der Waals surface area contributed by atoms with Crippen molar-refractivity contribution in [2.24, 2.45) is 0 Å². The first-order chi connectivity index (χ1) is 12.4. The van der Waals surface area contributed by atoms with E-state index in [-0.39, 0.29) is 23.6 Å². The van der Waals surface area contributed by atoms with Gasteiger partial charge in [0.05, 0.1) is 24.1 Å². The van der Waals surface area contributed by atoms with Gasteiger partial charge in [-0.05, 0) is 51.3 Å². The molecule has 0 spiro atoms. The average Bonchev–Trinajstić information content (AvgIpc) is 3.20. The summed E-state index contributed by atoms with van der Waals surface area (Å²) in [4.78, 5) is 16.9. The first-order valence-electron chi connectivity index (χ1n) is 8.78. The van der Waals surface area contributed by atoms with E-state index in [0.717, 1.165) is 48.1 Å². The van der Waals surface area contributed by atoms with E-state index in [9.17, 15) is 9.18 Å². The molecule has 26 heavy (non-hydrogen) atoms. The molecular formula is C19H24FN3O2S. The van der Waals surface area contributed by atoms with Gasteiger partial charge in [-0.15, -0.1) is 0 Å². The third kappa shape index (κ3) is 4.45. The number of nitrogens with zero attached hydrogens (tertiary/aromatic N) is 2. The van der Waals surface area contributed by atoms with Crippen LogP contribution in [0.25, 0.3) is 0 Å². The van der Waals surface area contributed by atoms with Gasteiger partial charge in [0.15, 0.2) is 5.16 Å². The Balaban J connectivity index is 1.64. The van der Waals surface area contributed by atoms with Crippen molar-refractivity contribution >= 4 is 23.4 Å². The third-order valence-electron chi connectivity index (χ3n) is 4.64. The van der Waals surface area contributed by atoms with E-state index in [0.29, 0.717) is 5.69 Å². The molecule has 1 atom stereocenters. The molecule has 3 rings (SSSR count). The number of hydrogen-bond acceptors (Lipinski definition) is 4. The van der Waals surface area contributed by atoms with Gasteiger partial charge in [0, 0.05) is 18.0 Å². The van der Waals surface area contributed by atoms with Crippen LogP contribution in [-0.4, -0.2) is 33.9 Å². The molecule has 7 heteroatoms. The van der Waals surface area contributed by atoms with E-state index >= 15 is 0 Å². The number of amides is 1. The van der Waals surface area contributed by atoms with E-state index in [1.807, 2.05) is 20.8 Å². The largest absolute Gasteiger partial charge is 0.376 e. The number of rotatable bonds is 6. The van der Waals surface area contributed by atoms with Crippen LogP contribution in [0.4, 0.5) is 10.1 Å². The first kappa shape index (κ1) is 18.9. The van der Waals surface area contributed by atoms with E-state index in [4.69, 9.17) is 4.74 Å². The van der Waals surface area contributed by atoms with Crippen LogP contribution in [0.1, 0.15) is 29.8 Å². The number of aryl methyl sites for hydroxylation is 2. The second-order valence-corrected chi connectivity index (χ2v) is 7.55. The van der Waals surface area contributed by atoms with Crippen LogP contribution < -0.4 is 5.32 Å². The van der Waals surface area contributed by atoms with Crippen LogP contribution in [-0.2, 0) is 16.1 Å². The van der Waals surface area contributed by atoms with Crippen molar-refractivity contribution in [3.05, 3.63) is 41.0 Å². The highest BCUT2D eigenvalue weighted by Crippen LogP contribution is 2.25. The SMILES string of the molecule is Cc1ccc(F)cc1NC(=O)CSc1nc(C)c(C)n1C[C@@H]1CCCO1. The number of ether oxygens (including phenoxy) is 1. The number of imidazole rings is 1. The van der Waals surface area contributed by atoms with E-state index in [1.54, 1.807) is 6.07 Å². The minimum atomic E-state index is -0.364. The summed E-state index contributed by atoms with van der Waals surface area (Å²) in [7, 11) is 0. The van der Waals surface area contributed by atoms with E-state index < -0.39 is 0 Å². The van der Waals surface area contributed by atoms with Crippen molar-refractivity contribution in [3.63, 3.8) is 0 Å². The van der Waals surface area contributed by atoms with Crippen molar-refractivity contribution in [2.45, 2.75) is 51.4 Å². The molecule has 1 aliphatic heterocycles. The molecule has 1 saturated heterocycles. The smallest absolute Gasteiger partial charge is 0.234 e. The number of aromatic nitrogens is 2. The van der Waals surface area contributed by atoms with Crippen LogP contribution >= 0.6 is 11.8 Å². The molecule has 140 valence electrons. The fourth-order valence-electron chi connectivity index (χ4n) is 2.99. The lowest BCUT2D eigenvalue weighted by Crippen LogP contribution is -2.18. The van der Waals surface area contributed by atoms with Crippen LogP contribution in [0.15, 0.2) is 23.4 Å². The number of anilines is 1. The lowest BCUT2D eigenvalue weighted by Gasteiger charge is -2.14. The number of benzene rings is 1. The molecule has 5 nitrogen and oxygen atoms in total. The Morgan fingerprint density at radius 3 is 2.96 bits per heavy atom. The summed E-state index contributed by atoms with van der Waals surface area (Å²) in [5.41, 5.74) is 3.40. The normalized spacial score (nSPS) is 16.8. The van der Waals surface area contributed by atoms with Crippen molar-refractivity contribution in [2.75, 3.05) is 17.7 Å². The van der Waals surface area contributed by atoms with Crippen LogP contribution in [0, 0.1) is 26.6 Å². The Kier molecular flexibility index (Phi) is 5.98. The molecule has 0 bridgehead atoms. The Hall–Kier alpha value is -1.86. The number of carbonyl (C=O) groups excluding carboxylic acids is 1.